The summed E-state index contributed by atoms with van der Waals surface area (Å²) >= 11 is 7.67. The van der Waals surface area contributed by atoms with Crippen molar-refractivity contribution < 1.29 is 23.8 Å². The molecule has 0 fully saturated rings. The molecule has 170 valence electrons. The second-order valence-corrected chi connectivity index (χ2v) is 8.44. The molecule has 2 aromatic rings. The van der Waals surface area contributed by atoms with Crippen LogP contribution in [-0.4, -0.2) is 42.3 Å². The highest BCUT2D eigenvalue weighted by atomic mass is 35.5. The molecule has 32 heavy (non-hydrogen) atoms. The Kier molecular flexibility index (Phi) is 7.87. The molecule has 0 saturated carbocycles. The Morgan fingerprint density at radius 2 is 1.78 bits per heavy atom. The zero-order valence-electron chi connectivity index (χ0n) is 18.2. The summed E-state index contributed by atoms with van der Waals surface area (Å²) in [5.74, 6) is 1.30. The van der Waals surface area contributed by atoms with E-state index in [4.69, 9.17) is 25.8 Å². The molecule has 0 radical (unpaired) electrons. The van der Waals surface area contributed by atoms with Gasteiger partial charge in [-0.25, -0.2) is 5.01 Å². The van der Waals surface area contributed by atoms with Crippen LogP contribution in [0.1, 0.15) is 30.3 Å². The van der Waals surface area contributed by atoms with Crippen molar-refractivity contribution in [3.05, 3.63) is 52.5 Å². The van der Waals surface area contributed by atoms with E-state index in [1.54, 1.807) is 19.2 Å². The highest BCUT2D eigenvalue weighted by Crippen LogP contribution is 2.40. The molecule has 1 heterocycles. The smallest absolute Gasteiger partial charge is 0.241 e. The zero-order valence-corrected chi connectivity index (χ0v) is 19.7. The van der Waals surface area contributed by atoms with Crippen molar-refractivity contribution in [1.29, 1.82) is 0 Å². The van der Waals surface area contributed by atoms with Crippen LogP contribution in [0.5, 0.6) is 17.2 Å². The third kappa shape index (κ3) is 5.86. The zero-order chi connectivity index (χ0) is 23.3. The lowest BCUT2D eigenvalue weighted by Crippen LogP contribution is -2.25. The van der Waals surface area contributed by atoms with E-state index < -0.39 is 5.37 Å². The molecule has 8 nitrogen and oxygen atoms in total. The second kappa shape index (κ2) is 10.6. The van der Waals surface area contributed by atoms with Gasteiger partial charge >= 0.3 is 0 Å². The molecule has 1 aliphatic heterocycles. The summed E-state index contributed by atoms with van der Waals surface area (Å²) in [6.45, 7) is 5.37. The average Bonchev–Trinajstić information content (AvgIpc) is 3.16. The van der Waals surface area contributed by atoms with Gasteiger partial charge in [0.15, 0.2) is 16.7 Å². The largest absolute Gasteiger partial charge is 0.493 e. The number of amidine groups is 1. The van der Waals surface area contributed by atoms with Crippen LogP contribution < -0.4 is 19.5 Å². The van der Waals surface area contributed by atoms with Gasteiger partial charge < -0.3 is 19.5 Å². The number of hydrazone groups is 1. The Morgan fingerprint density at radius 1 is 1.09 bits per heavy atom. The Balaban J connectivity index is 1.60. The van der Waals surface area contributed by atoms with E-state index in [1.165, 1.54) is 30.6 Å². The minimum Gasteiger partial charge on any atom is -0.493 e. The Hall–Kier alpha value is -2.91. The summed E-state index contributed by atoms with van der Waals surface area (Å²) in [4.78, 5) is 23.3. The average molecular weight is 478 g/mol. The fourth-order valence-corrected chi connectivity index (χ4v) is 4.34. The third-order valence-corrected chi connectivity index (χ3v) is 5.81. The molecule has 0 unspecified atom stereocenters. The summed E-state index contributed by atoms with van der Waals surface area (Å²) in [5, 5.41) is 8.42. The second-order valence-electron chi connectivity index (χ2n) is 6.96. The first-order valence-electron chi connectivity index (χ1n) is 9.81. The Bertz CT molecular complexity index is 1050. The summed E-state index contributed by atoms with van der Waals surface area (Å²) in [6.07, 6.45) is 0. The first kappa shape index (κ1) is 23.7. The van der Waals surface area contributed by atoms with Gasteiger partial charge in [-0.2, -0.15) is 0 Å². The maximum Gasteiger partial charge on any atom is 0.241 e. The van der Waals surface area contributed by atoms with Crippen molar-refractivity contribution in [3.8, 4) is 17.2 Å². The topological polar surface area (TPSA) is 89.5 Å². The van der Waals surface area contributed by atoms with Crippen LogP contribution in [0.2, 0.25) is 5.02 Å². The van der Waals surface area contributed by atoms with Gasteiger partial charge in [0.05, 0.1) is 12.1 Å². The normalized spacial score (nSPS) is 15.2. The van der Waals surface area contributed by atoms with Crippen LogP contribution in [0, 0.1) is 6.92 Å². The molecule has 3 rings (SSSR count). The van der Waals surface area contributed by atoms with Crippen molar-refractivity contribution in [3.63, 3.8) is 0 Å². The molecule has 2 aromatic carbocycles. The number of halogens is 1. The van der Waals surface area contributed by atoms with Gasteiger partial charge in [-0.3, -0.25) is 9.59 Å². The number of carbonyl (C=O) groups is 2. The maximum atomic E-state index is 12.0. The molecule has 1 N–H and O–H groups in total. The van der Waals surface area contributed by atoms with E-state index in [-0.39, 0.29) is 18.4 Å². The minimum absolute atomic E-state index is 0.247. The standard InChI is InChI=1S/C22H24ClN3O5S/c1-13-5-7-19(20(11-13)29-4)31-10-9-30-18-8-6-16(12-17(18)23)21-26(15(3)28)25-22(32-21)24-14(2)27/h5-8,11-12,21H,9-10H2,1-4H3,(H,24,25,27)/t21-/m1/s1. The van der Waals surface area contributed by atoms with Gasteiger partial charge in [0.1, 0.15) is 24.3 Å². The summed E-state index contributed by atoms with van der Waals surface area (Å²) in [5.41, 5.74) is 1.84. The third-order valence-electron chi connectivity index (χ3n) is 4.41. The predicted octanol–water partition coefficient (Wildman–Crippen LogP) is 4.12. The molecule has 10 heteroatoms. The van der Waals surface area contributed by atoms with Crippen LogP contribution >= 0.6 is 23.4 Å². The Labute approximate surface area is 195 Å². The van der Waals surface area contributed by atoms with Gasteiger partial charge in [-0.1, -0.05) is 35.5 Å². The summed E-state index contributed by atoms with van der Waals surface area (Å²) < 4.78 is 16.8. The number of nitrogens with zero attached hydrogens (tertiary/aromatic N) is 2. The summed E-state index contributed by atoms with van der Waals surface area (Å²) in [7, 11) is 1.60. The van der Waals surface area contributed by atoms with Crippen LogP contribution in [0.4, 0.5) is 0 Å². The number of ether oxygens (including phenoxy) is 3. The molecule has 0 aromatic heterocycles. The number of benzene rings is 2. The number of thioether (sulfide) groups is 1. The highest BCUT2D eigenvalue weighted by molar-refractivity contribution is 8.14. The molecule has 0 saturated heterocycles. The van der Waals surface area contributed by atoms with Crippen LogP contribution in [-0.2, 0) is 9.59 Å². The van der Waals surface area contributed by atoms with Crippen molar-refractivity contribution in [1.82, 2.24) is 10.3 Å². The number of amides is 2. The molecule has 0 bridgehead atoms. The van der Waals surface area contributed by atoms with Gasteiger partial charge in [-0.05, 0) is 42.3 Å². The molecular weight excluding hydrogens is 454 g/mol. The predicted molar refractivity (Wildman–Crippen MR) is 124 cm³/mol. The number of aryl methyl sites for hydroxylation is 1. The first-order chi connectivity index (χ1) is 15.3. The van der Waals surface area contributed by atoms with Crippen LogP contribution in [0.25, 0.3) is 0 Å². The number of carbonyl (C=O) groups excluding carboxylic acids is 2. The molecular formula is C22H24ClN3O5S. The maximum absolute atomic E-state index is 12.0. The van der Waals surface area contributed by atoms with Crippen LogP contribution in [0.3, 0.4) is 0 Å². The molecule has 2 amide bonds. The number of nitrogens with one attached hydrogen (secondary N) is 1. The number of hydrogen-bond donors (Lipinski definition) is 1. The SMILES string of the molecule is COc1cc(C)ccc1OCCOc1ccc([C@H]2SC(NC(C)=O)=NN2C(C)=O)cc1Cl. The lowest BCUT2D eigenvalue weighted by Gasteiger charge is -2.20. The van der Waals surface area contributed by atoms with Crippen LogP contribution in [0.15, 0.2) is 41.5 Å². The lowest BCUT2D eigenvalue weighted by atomic mass is 10.2. The highest BCUT2D eigenvalue weighted by Gasteiger charge is 2.32. The van der Waals surface area contributed by atoms with Gasteiger partial charge in [0.2, 0.25) is 11.8 Å². The molecule has 1 atom stereocenters. The molecule has 0 aliphatic carbocycles. The van der Waals surface area contributed by atoms with E-state index in [1.807, 2.05) is 31.2 Å². The molecule has 0 spiro atoms. The van der Waals surface area contributed by atoms with Gasteiger partial charge in [-0.15, -0.1) is 5.10 Å². The van der Waals surface area contributed by atoms with Crippen molar-refractivity contribution in [2.24, 2.45) is 5.10 Å². The fraction of sp³-hybridized carbons (Fsp3) is 0.318. The first-order valence-corrected chi connectivity index (χ1v) is 11.1. The van der Waals surface area contributed by atoms with Crippen molar-refractivity contribution >= 4 is 40.3 Å². The van der Waals surface area contributed by atoms with Crippen molar-refractivity contribution in [2.45, 2.75) is 26.1 Å². The van der Waals surface area contributed by atoms with Gasteiger partial charge in [0.25, 0.3) is 0 Å². The number of methoxy groups -OCH3 is 1. The van der Waals surface area contributed by atoms with E-state index in [2.05, 4.69) is 10.4 Å². The lowest BCUT2D eigenvalue weighted by molar-refractivity contribution is -0.129. The summed E-state index contributed by atoms with van der Waals surface area (Å²) in [6, 6.07) is 11.0. The Morgan fingerprint density at radius 3 is 2.41 bits per heavy atom. The minimum atomic E-state index is -0.432. The number of hydrogen-bond acceptors (Lipinski definition) is 7. The van der Waals surface area contributed by atoms with E-state index >= 15 is 0 Å². The number of rotatable bonds is 7. The fourth-order valence-electron chi connectivity index (χ4n) is 2.96. The monoisotopic (exact) mass is 477 g/mol. The van der Waals surface area contributed by atoms with E-state index in [9.17, 15) is 9.59 Å². The van der Waals surface area contributed by atoms with E-state index in [0.717, 1.165) is 11.1 Å². The van der Waals surface area contributed by atoms with Gasteiger partial charge in [0, 0.05) is 13.8 Å². The quantitative estimate of drug-likeness (QED) is 0.603. The van der Waals surface area contributed by atoms with Crippen molar-refractivity contribution in [2.75, 3.05) is 20.3 Å². The van der Waals surface area contributed by atoms with E-state index in [0.29, 0.717) is 34.0 Å². The molecule has 1 aliphatic rings.